The highest BCUT2D eigenvalue weighted by molar-refractivity contribution is 6.32. The molecular weight excluding hydrogens is 602 g/mol. The molecule has 1 aliphatic rings. The molecule has 48 heavy (non-hydrogen) atoms. The van der Waals surface area contributed by atoms with Gasteiger partial charge in [-0.05, 0) is 22.3 Å². The molecule has 0 saturated heterocycles. The quantitative estimate of drug-likeness (QED) is 0.151. The number of hydrogen-bond acceptors (Lipinski definition) is 4. The number of rotatable bonds is 10. The first-order chi connectivity index (χ1) is 23.5. The second kappa shape index (κ2) is 13.5. The van der Waals surface area contributed by atoms with Gasteiger partial charge >= 0.3 is 0 Å². The fourth-order valence-corrected chi connectivity index (χ4v) is 6.49. The van der Waals surface area contributed by atoms with Gasteiger partial charge < -0.3 is 9.80 Å². The number of anilines is 2. The third-order valence-corrected chi connectivity index (χ3v) is 8.70. The first-order valence-corrected chi connectivity index (χ1v) is 15.9. The molecule has 0 aromatic heterocycles. The van der Waals surface area contributed by atoms with Crippen LogP contribution < -0.4 is 9.80 Å². The predicted octanol–water partition coefficient (Wildman–Crippen LogP) is 9.15. The van der Waals surface area contributed by atoms with Crippen LogP contribution in [0, 0.1) is 11.6 Å². The molecule has 7 rings (SSSR count). The lowest BCUT2D eigenvalue weighted by Gasteiger charge is -2.34. The van der Waals surface area contributed by atoms with Crippen molar-refractivity contribution in [2.45, 2.75) is 26.2 Å². The molecule has 0 fully saturated rings. The summed E-state index contributed by atoms with van der Waals surface area (Å²) in [6.07, 6.45) is 0. The zero-order valence-electron chi connectivity index (χ0n) is 26.2. The molecule has 0 unspecified atom stereocenters. The molecule has 4 nitrogen and oxygen atoms in total. The maximum Gasteiger partial charge on any atom is 0.196 e. The lowest BCUT2D eigenvalue weighted by molar-refractivity contribution is 0.0979. The minimum absolute atomic E-state index is 0.120. The molecular formula is C42H32F2N2O2. The van der Waals surface area contributed by atoms with Crippen LogP contribution in [0.3, 0.4) is 0 Å². The molecule has 0 saturated carbocycles. The van der Waals surface area contributed by atoms with Crippen molar-refractivity contribution in [1.82, 2.24) is 0 Å². The number of hydrogen-bond donors (Lipinski definition) is 0. The molecule has 0 atom stereocenters. The van der Waals surface area contributed by atoms with Gasteiger partial charge in [-0.25, -0.2) is 8.78 Å². The Hall–Kier alpha value is -5.88. The smallest absolute Gasteiger partial charge is 0.196 e. The van der Waals surface area contributed by atoms with Crippen LogP contribution in [0.4, 0.5) is 20.2 Å². The lowest BCUT2D eigenvalue weighted by Crippen LogP contribution is -2.34. The second-order valence-corrected chi connectivity index (χ2v) is 11.9. The molecule has 0 heterocycles. The van der Waals surface area contributed by atoms with Crippen molar-refractivity contribution in [3.8, 4) is 0 Å². The van der Waals surface area contributed by atoms with Crippen molar-refractivity contribution in [2.24, 2.45) is 0 Å². The van der Waals surface area contributed by atoms with Crippen LogP contribution >= 0.6 is 0 Å². The topological polar surface area (TPSA) is 40.6 Å². The normalized spacial score (nSPS) is 12.0. The van der Waals surface area contributed by atoms with Gasteiger partial charge in [0.2, 0.25) is 0 Å². The number of carbonyl (C=O) groups excluding carboxylic acids is 2. The van der Waals surface area contributed by atoms with E-state index < -0.39 is 23.2 Å². The van der Waals surface area contributed by atoms with Gasteiger partial charge in [0, 0.05) is 37.3 Å². The first kappa shape index (κ1) is 30.8. The first-order valence-electron chi connectivity index (χ1n) is 15.9. The van der Waals surface area contributed by atoms with Crippen LogP contribution in [-0.2, 0) is 26.2 Å². The van der Waals surface area contributed by atoms with Gasteiger partial charge in [0.05, 0.1) is 22.5 Å². The minimum atomic E-state index is -1.16. The van der Waals surface area contributed by atoms with Gasteiger partial charge in [0.15, 0.2) is 23.2 Å². The SMILES string of the molecule is O=C1c2ccccc2C(=O)c2c1c(N(Cc1ccccc1)Cc1ccccc1)c(F)c(F)c2N(Cc1ccccc1)Cc1ccccc1. The van der Waals surface area contributed by atoms with E-state index in [2.05, 4.69) is 0 Å². The Balaban J connectivity index is 1.49. The number of halogens is 2. The Morgan fingerprint density at radius 3 is 0.896 bits per heavy atom. The van der Waals surface area contributed by atoms with Crippen LogP contribution in [0.2, 0.25) is 0 Å². The maximum absolute atomic E-state index is 17.1. The molecule has 0 N–H and O–H groups in total. The van der Waals surface area contributed by atoms with E-state index in [1.165, 1.54) is 0 Å². The fourth-order valence-electron chi connectivity index (χ4n) is 6.49. The second-order valence-electron chi connectivity index (χ2n) is 11.9. The van der Waals surface area contributed by atoms with Crippen LogP contribution in [0.15, 0.2) is 146 Å². The predicted molar refractivity (Wildman–Crippen MR) is 185 cm³/mol. The summed E-state index contributed by atoms with van der Waals surface area (Å²) < 4.78 is 34.2. The molecule has 0 spiro atoms. The van der Waals surface area contributed by atoms with E-state index in [1.54, 1.807) is 34.1 Å². The summed E-state index contributed by atoms with van der Waals surface area (Å²) in [5.41, 5.74) is 3.04. The number of ketones is 2. The van der Waals surface area contributed by atoms with Gasteiger partial charge in [0.25, 0.3) is 0 Å². The fraction of sp³-hybridized carbons (Fsp3) is 0.0952. The van der Waals surface area contributed by atoms with Gasteiger partial charge in [0.1, 0.15) is 0 Å². The molecule has 0 bridgehead atoms. The molecule has 0 amide bonds. The van der Waals surface area contributed by atoms with Crippen molar-refractivity contribution < 1.29 is 18.4 Å². The monoisotopic (exact) mass is 634 g/mol. The third-order valence-electron chi connectivity index (χ3n) is 8.70. The summed E-state index contributed by atoms with van der Waals surface area (Å²) >= 11 is 0. The number of fused-ring (bicyclic) bond motifs is 2. The van der Waals surface area contributed by atoms with E-state index in [-0.39, 0.29) is 59.8 Å². The highest BCUT2D eigenvalue weighted by atomic mass is 19.2. The van der Waals surface area contributed by atoms with Crippen molar-refractivity contribution in [2.75, 3.05) is 9.80 Å². The Morgan fingerprint density at radius 2 is 0.625 bits per heavy atom. The van der Waals surface area contributed by atoms with E-state index in [9.17, 15) is 9.59 Å². The van der Waals surface area contributed by atoms with Gasteiger partial charge in [-0.1, -0.05) is 146 Å². The van der Waals surface area contributed by atoms with E-state index in [4.69, 9.17) is 0 Å². The number of carbonyl (C=O) groups is 2. The van der Waals surface area contributed by atoms with Crippen LogP contribution in [0.25, 0.3) is 0 Å². The number of nitrogens with zero attached hydrogens (tertiary/aromatic N) is 2. The number of benzene rings is 6. The maximum atomic E-state index is 17.1. The highest BCUT2D eigenvalue weighted by Crippen LogP contribution is 2.44. The Morgan fingerprint density at radius 1 is 0.375 bits per heavy atom. The molecule has 1 aliphatic carbocycles. The van der Waals surface area contributed by atoms with E-state index in [1.807, 2.05) is 121 Å². The summed E-state index contributed by atoms with van der Waals surface area (Å²) in [6.45, 7) is 0.717. The van der Waals surface area contributed by atoms with Crippen LogP contribution in [0.1, 0.15) is 54.1 Å². The lowest BCUT2D eigenvalue weighted by atomic mass is 9.81. The van der Waals surface area contributed by atoms with Gasteiger partial charge in [-0.15, -0.1) is 0 Å². The molecule has 0 radical (unpaired) electrons. The standard InChI is InChI=1S/C42H32F2N2O2/c43-37-38(44)40(46(27-31-19-9-3-10-20-31)28-32-21-11-4-12-22-32)36-35(41(47)33-23-13-14-24-34(33)42(36)48)39(37)45(25-29-15-5-1-6-16-29)26-30-17-7-2-8-18-30/h1-24H,25-28H2. The van der Waals surface area contributed by atoms with E-state index in [0.29, 0.717) is 0 Å². The summed E-state index contributed by atoms with van der Waals surface area (Å²) in [5, 5.41) is 0. The molecule has 0 aliphatic heterocycles. The van der Waals surface area contributed by atoms with E-state index in [0.717, 1.165) is 22.3 Å². The largest absolute Gasteiger partial charge is 0.360 e. The van der Waals surface area contributed by atoms with Crippen molar-refractivity contribution >= 4 is 22.9 Å². The van der Waals surface area contributed by atoms with Crippen molar-refractivity contribution in [3.05, 3.63) is 202 Å². The molecule has 236 valence electrons. The average Bonchev–Trinajstić information content (AvgIpc) is 3.12. The average molecular weight is 635 g/mol. The molecule has 6 heteroatoms. The van der Waals surface area contributed by atoms with Gasteiger partial charge in [-0.2, -0.15) is 0 Å². The highest BCUT2D eigenvalue weighted by Gasteiger charge is 2.41. The summed E-state index contributed by atoms with van der Waals surface area (Å²) in [4.78, 5) is 32.4. The summed E-state index contributed by atoms with van der Waals surface area (Å²) in [7, 11) is 0. The van der Waals surface area contributed by atoms with Crippen LogP contribution in [0.5, 0.6) is 0 Å². The van der Waals surface area contributed by atoms with Crippen molar-refractivity contribution in [1.29, 1.82) is 0 Å². The zero-order chi connectivity index (χ0) is 33.0. The van der Waals surface area contributed by atoms with Crippen molar-refractivity contribution in [3.63, 3.8) is 0 Å². The summed E-state index contributed by atoms with van der Waals surface area (Å²) in [5.74, 6) is -3.36. The Labute approximate surface area is 278 Å². The Bertz CT molecular complexity index is 1850. The zero-order valence-corrected chi connectivity index (χ0v) is 26.2. The van der Waals surface area contributed by atoms with E-state index >= 15 is 8.78 Å². The Kier molecular flexibility index (Phi) is 8.63. The molecule has 6 aromatic rings. The molecule has 6 aromatic carbocycles. The third kappa shape index (κ3) is 6.00. The van der Waals surface area contributed by atoms with Crippen LogP contribution in [-0.4, -0.2) is 11.6 Å². The summed E-state index contributed by atoms with van der Waals surface area (Å²) in [6, 6.07) is 44.3. The van der Waals surface area contributed by atoms with Gasteiger partial charge in [-0.3, -0.25) is 9.59 Å². The minimum Gasteiger partial charge on any atom is -0.360 e.